The maximum Gasteiger partial charge on any atom is 0.238 e. The van der Waals surface area contributed by atoms with Gasteiger partial charge in [-0.15, -0.1) is 0 Å². The van der Waals surface area contributed by atoms with E-state index in [9.17, 15) is 8.42 Å². The summed E-state index contributed by atoms with van der Waals surface area (Å²) in [4.78, 5) is 4.48. The smallest absolute Gasteiger partial charge is 0.238 e. The molecule has 0 amide bonds. The highest BCUT2D eigenvalue weighted by Crippen LogP contribution is 2.34. The van der Waals surface area contributed by atoms with Gasteiger partial charge in [-0.1, -0.05) is 45.2 Å². The number of benzene rings is 3. The van der Waals surface area contributed by atoms with Gasteiger partial charge in [0.1, 0.15) is 0 Å². The first-order chi connectivity index (χ1) is 14.3. The lowest BCUT2D eigenvalue weighted by Crippen LogP contribution is -2.05. The molecule has 1 N–H and O–H groups in total. The molecule has 3 aromatic carbocycles. The van der Waals surface area contributed by atoms with Crippen molar-refractivity contribution in [1.82, 2.24) is 4.98 Å². The Labute approximate surface area is 187 Å². The molecule has 8 heteroatoms. The van der Waals surface area contributed by atoms with E-state index in [-0.39, 0.29) is 21.7 Å². The average molecular weight is 504 g/mol. The number of hydrogen-bond donors (Lipinski definition) is 1. The van der Waals surface area contributed by atoms with Crippen molar-refractivity contribution in [3.8, 4) is 11.5 Å². The van der Waals surface area contributed by atoms with Crippen LogP contribution in [0.4, 0.5) is 11.6 Å². The third-order valence-corrected chi connectivity index (χ3v) is 6.83. The summed E-state index contributed by atoms with van der Waals surface area (Å²) in [6.45, 7) is 1.89. The Morgan fingerprint density at radius 1 is 0.933 bits per heavy atom. The summed E-state index contributed by atoms with van der Waals surface area (Å²) < 4.78 is 33.4. The van der Waals surface area contributed by atoms with Crippen LogP contribution in [0, 0.1) is 6.92 Å². The number of oxazole rings is 1. The van der Waals surface area contributed by atoms with Crippen molar-refractivity contribution >= 4 is 48.9 Å². The molecule has 0 saturated heterocycles. The number of aromatic nitrogens is 1. The molecular formula is C22H16BrClN2O3S. The maximum absolute atomic E-state index is 13.3. The van der Waals surface area contributed by atoms with E-state index in [0.717, 1.165) is 10.0 Å². The van der Waals surface area contributed by atoms with Gasteiger partial charge in [-0.3, -0.25) is 0 Å². The van der Waals surface area contributed by atoms with Gasteiger partial charge in [0.25, 0.3) is 0 Å². The summed E-state index contributed by atoms with van der Waals surface area (Å²) >= 11 is 9.33. The van der Waals surface area contributed by atoms with E-state index >= 15 is 0 Å². The summed E-state index contributed by atoms with van der Waals surface area (Å²) in [5.74, 6) is 0.237. The Bertz CT molecular complexity index is 1280. The molecule has 0 aliphatic heterocycles. The van der Waals surface area contributed by atoms with Crippen molar-refractivity contribution in [1.29, 1.82) is 0 Å². The molecule has 30 heavy (non-hydrogen) atoms. The summed E-state index contributed by atoms with van der Waals surface area (Å²) in [7, 11) is -3.91. The van der Waals surface area contributed by atoms with Gasteiger partial charge >= 0.3 is 0 Å². The first-order valence-corrected chi connectivity index (χ1v) is 11.6. The van der Waals surface area contributed by atoms with Gasteiger partial charge in [-0.05, 0) is 67.6 Å². The molecule has 0 spiro atoms. The molecule has 4 rings (SSSR count). The van der Waals surface area contributed by atoms with Crippen molar-refractivity contribution in [2.45, 2.75) is 16.8 Å². The zero-order valence-corrected chi connectivity index (χ0v) is 18.9. The summed E-state index contributed by atoms with van der Waals surface area (Å²) in [6.07, 6.45) is 0. The number of nitrogens with zero attached hydrogens (tertiary/aromatic N) is 1. The molecule has 0 aliphatic carbocycles. The van der Waals surface area contributed by atoms with Crippen molar-refractivity contribution in [2.75, 3.05) is 5.32 Å². The minimum atomic E-state index is -3.91. The highest BCUT2D eigenvalue weighted by molar-refractivity contribution is 9.10. The highest BCUT2D eigenvalue weighted by atomic mass is 79.9. The molecule has 0 aliphatic rings. The van der Waals surface area contributed by atoms with Gasteiger partial charge in [-0.2, -0.15) is 4.98 Å². The number of nitrogens with one attached hydrogen (secondary N) is 1. The Morgan fingerprint density at radius 2 is 1.57 bits per heavy atom. The number of sulfone groups is 1. The van der Waals surface area contributed by atoms with E-state index in [1.807, 2.05) is 19.1 Å². The van der Waals surface area contributed by atoms with Gasteiger partial charge in [0.05, 0.1) is 4.90 Å². The van der Waals surface area contributed by atoms with Gasteiger partial charge in [0, 0.05) is 20.7 Å². The Balaban J connectivity index is 1.83. The van der Waals surface area contributed by atoms with Gasteiger partial charge in [-0.25, -0.2) is 8.42 Å². The van der Waals surface area contributed by atoms with Gasteiger partial charge in [0.2, 0.25) is 26.6 Å². The molecule has 5 nitrogen and oxygen atoms in total. The second kappa shape index (κ2) is 8.26. The Hall–Kier alpha value is -2.61. The van der Waals surface area contributed by atoms with Crippen LogP contribution in [-0.2, 0) is 9.84 Å². The number of hydrogen-bond acceptors (Lipinski definition) is 5. The van der Waals surface area contributed by atoms with E-state index in [1.165, 1.54) is 0 Å². The number of halogens is 2. The fraction of sp³-hybridized carbons (Fsp3) is 0.0455. The molecule has 0 radical (unpaired) electrons. The van der Waals surface area contributed by atoms with Crippen LogP contribution >= 0.6 is 27.5 Å². The van der Waals surface area contributed by atoms with Crippen LogP contribution in [0.5, 0.6) is 0 Å². The fourth-order valence-electron chi connectivity index (χ4n) is 2.78. The molecule has 0 unspecified atom stereocenters. The van der Waals surface area contributed by atoms with E-state index in [0.29, 0.717) is 16.3 Å². The minimum absolute atomic E-state index is 0.0378. The summed E-state index contributed by atoms with van der Waals surface area (Å²) in [5, 5.41) is 3.40. The normalized spacial score (nSPS) is 11.4. The SMILES string of the molecule is Cc1ccc(S(=O)(=O)c2nc(-c3ccc(Br)cc3)oc2Nc2ccc(Cl)cc2)cc1. The van der Waals surface area contributed by atoms with Crippen LogP contribution in [0.15, 0.2) is 91.6 Å². The van der Waals surface area contributed by atoms with Crippen molar-refractivity contribution in [3.63, 3.8) is 0 Å². The third kappa shape index (κ3) is 4.28. The zero-order valence-electron chi connectivity index (χ0n) is 15.8. The number of rotatable bonds is 5. The lowest BCUT2D eigenvalue weighted by atomic mass is 10.2. The van der Waals surface area contributed by atoms with E-state index < -0.39 is 9.84 Å². The van der Waals surface area contributed by atoms with Crippen molar-refractivity contribution < 1.29 is 12.8 Å². The molecule has 4 aromatic rings. The maximum atomic E-state index is 13.3. The van der Waals surface area contributed by atoms with Crippen LogP contribution in [0.25, 0.3) is 11.5 Å². The summed E-state index contributed by atoms with van der Waals surface area (Å²) in [6, 6.07) is 20.7. The minimum Gasteiger partial charge on any atom is -0.419 e. The molecule has 1 heterocycles. The van der Waals surface area contributed by atoms with Crippen molar-refractivity contribution in [3.05, 3.63) is 87.9 Å². The first-order valence-electron chi connectivity index (χ1n) is 8.94. The quantitative estimate of drug-likeness (QED) is 0.330. The average Bonchev–Trinajstić information content (AvgIpc) is 3.15. The van der Waals surface area contributed by atoms with E-state index in [4.69, 9.17) is 16.0 Å². The number of aryl methyl sites for hydroxylation is 1. The van der Waals surface area contributed by atoms with Crippen molar-refractivity contribution in [2.24, 2.45) is 0 Å². The Morgan fingerprint density at radius 3 is 2.20 bits per heavy atom. The van der Waals surface area contributed by atoms with Crippen LogP contribution in [0.2, 0.25) is 5.02 Å². The lowest BCUT2D eigenvalue weighted by molar-refractivity contribution is 0.582. The largest absolute Gasteiger partial charge is 0.419 e. The van der Waals surface area contributed by atoms with Crippen LogP contribution in [-0.4, -0.2) is 13.4 Å². The molecule has 152 valence electrons. The molecule has 1 aromatic heterocycles. The standard InChI is InChI=1S/C22H16BrClN2O3S/c1-14-2-12-19(13-3-14)30(27,28)22-21(25-18-10-8-17(24)9-11-18)29-20(26-22)15-4-6-16(23)7-5-15/h2-13,25H,1H3. The second-order valence-electron chi connectivity index (χ2n) is 6.61. The van der Waals surface area contributed by atoms with Crippen LogP contribution < -0.4 is 5.32 Å². The first kappa shape index (κ1) is 20.7. The highest BCUT2D eigenvalue weighted by Gasteiger charge is 2.28. The van der Waals surface area contributed by atoms with Gasteiger partial charge < -0.3 is 9.73 Å². The topological polar surface area (TPSA) is 72.2 Å². The predicted octanol–water partition coefficient (Wildman–Crippen LogP) is 6.64. The molecule has 0 saturated carbocycles. The zero-order chi connectivity index (χ0) is 21.3. The molecule has 0 bridgehead atoms. The fourth-order valence-corrected chi connectivity index (χ4v) is 4.42. The van der Waals surface area contributed by atoms with Crippen LogP contribution in [0.3, 0.4) is 0 Å². The lowest BCUT2D eigenvalue weighted by Gasteiger charge is -2.06. The Kier molecular flexibility index (Phi) is 5.69. The van der Waals surface area contributed by atoms with Gasteiger partial charge in [0.15, 0.2) is 0 Å². The molecule has 0 fully saturated rings. The third-order valence-electron chi connectivity index (χ3n) is 4.38. The second-order valence-corrected chi connectivity index (χ2v) is 9.83. The van der Waals surface area contributed by atoms with Crippen LogP contribution in [0.1, 0.15) is 5.56 Å². The molecule has 0 atom stereocenters. The van der Waals surface area contributed by atoms with E-state index in [1.54, 1.807) is 60.7 Å². The number of anilines is 2. The predicted molar refractivity (Wildman–Crippen MR) is 121 cm³/mol. The van der Waals surface area contributed by atoms with E-state index in [2.05, 4.69) is 26.2 Å². The summed E-state index contributed by atoms with van der Waals surface area (Å²) in [5.41, 5.74) is 2.24. The monoisotopic (exact) mass is 502 g/mol. The molecular weight excluding hydrogens is 488 g/mol.